The van der Waals surface area contributed by atoms with E-state index in [0.717, 1.165) is 31.4 Å². The number of carbonyl (C=O) groups is 1. The van der Waals surface area contributed by atoms with E-state index in [0.29, 0.717) is 26.4 Å². The van der Waals surface area contributed by atoms with E-state index >= 15 is 0 Å². The molecule has 0 aromatic carbocycles. The van der Waals surface area contributed by atoms with E-state index < -0.39 is 0 Å². The van der Waals surface area contributed by atoms with Gasteiger partial charge in [-0.25, -0.2) is 0 Å². The van der Waals surface area contributed by atoms with E-state index in [-0.39, 0.29) is 5.91 Å². The van der Waals surface area contributed by atoms with Crippen LogP contribution in [0.3, 0.4) is 0 Å². The Labute approximate surface area is 109 Å². The third-order valence-electron chi connectivity index (χ3n) is 2.51. The average Bonchev–Trinajstić information content (AvgIpc) is 2.42. The second-order valence-electron chi connectivity index (χ2n) is 4.12. The molecule has 1 N–H and O–H groups in total. The molecule has 0 radical (unpaired) electrons. The van der Waals surface area contributed by atoms with Gasteiger partial charge in [-0.2, -0.15) is 0 Å². The number of ether oxygens (including phenoxy) is 2. The van der Waals surface area contributed by atoms with E-state index in [1.165, 1.54) is 0 Å². The fourth-order valence-electron chi connectivity index (χ4n) is 1.59. The largest absolute Gasteiger partial charge is 0.379 e. The third kappa shape index (κ3) is 6.57. The summed E-state index contributed by atoms with van der Waals surface area (Å²) in [6.07, 6.45) is 8.87. The molecule has 0 atom stereocenters. The van der Waals surface area contributed by atoms with Gasteiger partial charge in [0.05, 0.1) is 19.8 Å². The number of hydrogen-bond acceptors (Lipinski definition) is 3. The van der Waals surface area contributed by atoms with Crippen molar-refractivity contribution in [3.8, 4) is 0 Å². The van der Waals surface area contributed by atoms with Crippen LogP contribution in [0.15, 0.2) is 23.8 Å². The molecule has 4 nitrogen and oxygen atoms in total. The summed E-state index contributed by atoms with van der Waals surface area (Å²) in [5, 5.41) is 2.83. The average molecular weight is 253 g/mol. The van der Waals surface area contributed by atoms with Crippen LogP contribution in [0.25, 0.3) is 0 Å². The van der Waals surface area contributed by atoms with Crippen molar-refractivity contribution in [3.63, 3.8) is 0 Å². The fourth-order valence-corrected chi connectivity index (χ4v) is 1.59. The Morgan fingerprint density at radius 2 is 2.00 bits per heavy atom. The number of nitrogens with one attached hydrogen (secondary N) is 1. The van der Waals surface area contributed by atoms with E-state index in [2.05, 4.69) is 12.2 Å². The highest BCUT2D eigenvalue weighted by molar-refractivity contribution is 5.96. The highest BCUT2D eigenvalue weighted by Gasteiger charge is 2.06. The Kier molecular flexibility index (Phi) is 8.17. The molecule has 0 aromatic rings. The first-order valence-corrected chi connectivity index (χ1v) is 6.65. The minimum atomic E-state index is -0.0169. The zero-order chi connectivity index (χ0) is 13.1. The van der Waals surface area contributed by atoms with Crippen LogP contribution < -0.4 is 5.32 Å². The van der Waals surface area contributed by atoms with Crippen LogP contribution in [0.2, 0.25) is 0 Å². The Morgan fingerprint density at radius 1 is 1.22 bits per heavy atom. The van der Waals surface area contributed by atoms with Gasteiger partial charge in [-0.15, -0.1) is 0 Å². The molecular formula is C14H23NO3. The summed E-state index contributed by atoms with van der Waals surface area (Å²) >= 11 is 0. The predicted octanol–water partition coefficient (Wildman–Crippen LogP) is 1.82. The van der Waals surface area contributed by atoms with Crippen LogP contribution in [0.4, 0.5) is 0 Å². The molecule has 0 saturated carbocycles. The zero-order valence-corrected chi connectivity index (χ0v) is 11.1. The second-order valence-corrected chi connectivity index (χ2v) is 4.12. The molecule has 0 unspecified atom stereocenters. The van der Waals surface area contributed by atoms with E-state index in [9.17, 15) is 4.79 Å². The van der Waals surface area contributed by atoms with Gasteiger partial charge >= 0.3 is 0 Å². The minimum absolute atomic E-state index is 0.0169. The van der Waals surface area contributed by atoms with Gasteiger partial charge in [0, 0.05) is 18.7 Å². The molecule has 102 valence electrons. The first-order chi connectivity index (χ1) is 8.84. The van der Waals surface area contributed by atoms with Crippen LogP contribution in [-0.2, 0) is 14.3 Å². The Hall–Kier alpha value is -1.13. The number of amides is 1. The first-order valence-electron chi connectivity index (χ1n) is 6.65. The molecule has 1 aliphatic rings. The van der Waals surface area contributed by atoms with Crippen molar-refractivity contribution in [2.75, 3.05) is 33.0 Å². The lowest BCUT2D eigenvalue weighted by Gasteiger charge is -2.09. The molecule has 0 spiro atoms. The second kappa shape index (κ2) is 9.85. The van der Waals surface area contributed by atoms with Crippen LogP contribution >= 0.6 is 0 Å². The van der Waals surface area contributed by atoms with Gasteiger partial charge in [-0.1, -0.05) is 25.2 Å². The lowest BCUT2D eigenvalue weighted by atomic mass is 10.1. The number of hydrogen-bond donors (Lipinski definition) is 1. The van der Waals surface area contributed by atoms with Crippen molar-refractivity contribution in [1.82, 2.24) is 5.32 Å². The molecule has 0 aliphatic heterocycles. The van der Waals surface area contributed by atoms with E-state index in [1.54, 1.807) is 0 Å². The maximum atomic E-state index is 11.7. The Balaban J connectivity index is 1.96. The van der Waals surface area contributed by atoms with Gasteiger partial charge in [0.15, 0.2) is 0 Å². The number of rotatable bonds is 9. The molecular weight excluding hydrogens is 230 g/mol. The van der Waals surface area contributed by atoms with E-state index in [4.69, 9.17) is 9.47 Å². The highest BCUT2D eigenvalue weighted by atomic mass is 16.5. The summed E-state index contributed by atoms with van der Waals surface area (Å²) in [4.78, 5) is 11.7. The molecule has 4 heteroatoms. The summed E-state index contributed by atoms with van der Waals surface area (Å²) in [5.41, 5.74) is 0.757. The molecule has 0 heterocycles. The van der Waals surface area contributed by atoms with Crippen LogP contribution in [0.5, 0.6) is 0 Å². The molecule has 0 saturated heterocycles. The molecule has 1 amide bonds. The zero-order valence-electron chi connectivity index (χ0n) is 11.1. The summed E-state index contributed by atoms with van der Waals surface area (Å²) in [7, 11) is 0. The van der Waals surface area contributed by atoms with Crippen LogP contribution in [0, 0.1) is 0 Å². The van der Waals surface area contributed by atoms with Crippen molar-refractivity contribution >= 4 is 5.91 Å². The maximum Gasteiger partial charge on any atom is 0.251 e. The molecule has 0 fully saturated rings. The van der Waals surface area contributed by atoms with Gasteiger partial charge < -0.3 is 14.8 Å². The summed E-state index contributed by atoms with van der Waals surface area (Å²) in [6.45, 7) is 5.12. The fraction of sp³-hybridized carbons (Fsp3) is 0.643. The monoisotopic (exact) mass is 253 g/mol. The van der Waals surface area contributed by atoms with Crippen molar-refractivity contribution in [2.45, 2.75) is 26.2 Å². The topological polar surface area (TPSA) is 47.6 Å². The normalized spacial score (nSPS) is 14.4. The van der Waals surface area contributed by atoms with Crippen molar-refractivity contribution in [2.24, 2.45) is 0 Å². The maximum absolute atomic E-state index is 11.7. The van der Waals surface area contributed by atoms with Gasteiger partial charge in [0.2, 0.25) is 0 Å². The molecule has 18 heavy (non-hydrogen) atoms. The molecule has 1 rings (SSSR count). The van der Waals surface area contributed by atoms with Crippen LogP contribution in [-0.4, -0.2) is 38.9 Å². The summed E-state index contributed by atoms with van der Waals surface area (Å²) in [5.74, 6) is -0.0169. The van der Waals surface area contributed by atoms with Gasteiger partial charge in [0.25, 0.3) is 5.91 Å². The molecule has 0 bridgehead atoms. The Bertz CT molecular complexity index is 297. The number of allylic oxidation sites excluding steroid dienone is 2. The van der Waals surface area contributed by atoms with E-state index in [1.807, 2.05) is 18.2 Å². The standard InChI is InChI=1S/C14H23NO3/c1-2-9-17-11-12-18-10-8-15-14(16)13-6-4-3-5-7-13/h4,6-7H,2-3,5,8-12H2,1H3,(H,15,16). The third-order valence-corrected chi connectivity index (χ3v) is 2.51. The Morgan fingerprint density at radius 3 is 2.67 bits per heavy atom. The van der Waals surface area contributed by atoms with Crippen molar-refractivity contribution in [1.29, 1.82) is 0 Å². The minimum Gasteiger partial charge on any atom is -0.379 e. The van der Waals surface area contributed by atoms with Gasteiger partial charge in [0.1, 0.15) is 0 Å². The quantitative estimate of drug-likeness (QED) is 0.638. The van der Waals surface area contributed by atoms with Gasteiger partial charge in [-0.3, -0.25) is 4.79 Å². The first kappa shape index (κ1) is 14.9. The van der Waals surface area contributed by atoms with Gasteiger partial charge in [-0.05, 0) is 19.3 Å². The molecule has 1 aliphatic carbocycles. The lowest BCUT2D eigenvalue weighted by molar-refractivity contribution is -0.117. The molecule has 0 aromatic heterocycles. The summed E-state index contributed by atoms with van der Waals surface area (Å²) in [6, 6.07) is 0. The summed E-state index contributed by atoms with van der Waals surface area (Å²) < 4.78 is 10.6. The smallest absolute Gasteiger partial charge is 0.251 e. The van der Waals surface area contributed by atoms with Crippen molar-refractivity contribution in [3.05, 3.63) is 23.8 Å². The van der Waals surface area contributed by atoms with Crippen molar-refractivity contribution < 1.29 is 14.3 Å². The lowest BCUT2D eigenvalue weighted by Crippen LogP contribution is -2.28. The number of carbonyl (C=O) groups excluding carboxylic acids is 1. The SMILES string of the molecule is CCCOCCOCCNC(=O)C1=CCCC=C1. The predicted molar refractivity (Wildman–Crippen MR) is 71.4 cm³/mol. The highest BCUT2D eigenvalue weighted by Crippen LogP contribution is 2.08. The van der Waals surface area contributed by atoms with Crippen LogP contribution in [0.1, 0.15) is 26.2 Å².